The van der Waals surface area contributed by atoms with Crippen molar-refractivity contribution in [2.45, 2.75) is 32.1 Å². The Morgan fingerprint density at radius 2 is 2.08 bits per heavy atom. The maximum atomic E-state index is 9.33. The average Bonchev–Trinajstić information content (AvgIpc) is 2.28. The van der Waals surface area contributed by atoms with Gasteiger partial charge in [-0.05, 0) is 41.5 Å². The summed E-state index contributed by atoms with van der Waals surface area (Å²) in [5, 5.41) is 9.33. The molecule has 2 rings (SSSR count). The number of rotatable bonds is 0. The van der Waals surface area contributed by atoms with Crippen LogP contribution in [0, 0.1) is 0 Å². The lowest BCUT2D eigenvalue weighted by Gasteiger charge is -2.18. The second-order valence-electron chi connectivity index (χ2n) is 4.23. The van der Waals surface area contributed by atoms with Crippen molar-refractivity contribution in [2.24, 2.45) is 0 Å². The molecular formula is C11H14O. The Kier molecular flexibility index (Phi) is 1.44. The molecule has 1 aromatic carbocycles. The largest absolute Gasteiger partial charge is 0.508 e. The number of phenolic OH excluding ortho intramolecular Hbond substituents is 1. The number of fused-ring (bicyclic) bond motifs is 1. The van der Waals surface area contributed by atoms with Crippen molar-refractivity contribution in [3.05, 3.63) is 29.3 Å². The molecule has 1 aliphatic carbocycles. The first-order valence-electron chi connectivity index (χ1n) is 4.42. The quantitative estimate of drug-likeness (QED) is 0.621. The van der Waals surface area contributed by atoms with Gasteiger partial charge in [0.05, 0.1) is 0 Å². The van der Waals surface area contributed by atoms with Crippen molar-refractivity contribution in [3.8, 4) is 5.75 Å². The van der Waals surface area contributed by atoms with Crippen LogP contribution in [0.2, 0.25) is 0 Å². The molecule has 0 atom stereocenters. The highest BCUT2D eigenvalue weighted by Gasteiger charge is 2.29. The van der Waals surface area contributed by atoms with Gasteiger partial charge < -0.3 is 5.11 Å². The molecule has 0 amide bonds. The second-order valence-corrected chi connectivity index (χ2v) is 4.23. The Morgan fingerprint density at radius 1 is 1.33 bits per heavy atom. The normalized spacial score (nSPS) is 19.2. The van der Waals surface area contributed by atoms with Crippen LogP contribution >= 0.6 is 0 Å². The third-order valence-corrected chi connectivity index (χ3v) is 2.84. The molecule has 0 aromatic heterocycles. The van der Waals surface area contributed by atoms with Gasteiger partial charge in [-0.25, -0.2) is 0 Å². The molecule has 0 bridgehead atoms. The summed E-state index contributed by atoms with van der Waals surface area (Å²) in [7, 11) is 0. The molecule has 0 saturated carbocycles. The minimum absolute atomic E-state index is 0.258. The van der Waals surface area contributed by atoms with E-state index in [1.807, 2.05) is 12.1 Å². The molecule has 1 nitrogen and oxygen atoms in total. The Hall–Kier alpha value is -0.980. The molecular weight excluding hydrogens is 148 g/mol. The van der Waals surface area contributed by atoms with Gasteiger partial charge in [0, 0.05) is 0 Å². The highest BCUT2D eigenvalue weighted by molar-refractivity contribution is 5.42. The monoisotopic (exact) mass is 162 g/mol. The van der Waals surface area contributed by atoms with Gasteiger partial charge in [0.15, 0.2) is 0 Å². The molecule has 0 saturated heterocycles. The summed E-state index contributed by atoms with van der Waals surface area (Å²) in [5.74, 6) is 0.392. The van der Waals surface area contributed by atoms with Gasteiger partial charge in [-0.3, -0.25) is 0 Å². The average molecular weight is 162 g/mol. The van der Waals surface area contributed by atoms with Crippen molar-refractivity contribution in [1.29, 1.82) is 0 Å². The Balaban J connectivity index is 2.57. The fourth-order valence-corrected chi connectivity index (χ4v) is 1.99. The SMILES string of the molecule is CC1(C)CCc2ccc(O)cc21. The number of aromatic hydroxyl groups is 1. The molecule has 1 N–H and O–H groups in total. The van der Waals surface area contributed by atoms with Crippen molar-refractivity contribution in [1.82, 2.24) is 0 Å². The number of hydrogen-bond acceptors (Lipinski definition) is 1. The van der Waals surface area contributed by atoms with Crippen LogP contribution in [0.4, 0.5) is 0 Å². The first-order chi connectivity index (χ1) is 5.59. The Bertz CT molecular complexity index is 313. The van der Waals surface area contributed by atoms with Crippen LogP contribution < -0.4 is 0 Å². The molecule has 0 spiro atoms. The molecule has 12 heavy (non-hydrogen) atoms. The van der Waals surface area contributed by atoms with Crippen LogP contribution in [0.15, 0.2) is 18.2 Å². The van der Waals surface area contributed by atoms with Crippen LogP contribution in [-0.2, 0) is 11.8 Å². The van der Waals surface area contributed by atoms with E-state index < -0.39 is 0 Å². The van der Waals surface area contributed by atoms with Gasteiger partial charge in [0.25, 0.3) is 0 Å². The summed E-state index contributed by atoms with van der Waals surface area (Å²) < 4.78 is 0. The molecule has 1 heteroatoms. The van der Waals surface area contributed by atoms with E-state index in [0.29, 0.717) is 5.75 Å². The number of phenols is 1. The summed E-state index contributed by atoms with van der Waals surface area (Å²) in [4.78, 5) is 0. The van der Waals surface area contributed by atoms with E-state index in [1.54, 1.807) is 6.07 Å². The van der Waals surface area contributed by atoms with E-state index >= 15 is 0 Å². The summed E-state index contributed by atoms with van der Waals surface area (Å²) >= 11 is 0. The molecule has 0 aliphatic heterocycles. The van der Waals surface area contributed by atoms with Gasteiger partial charge in [-0.15, -0.1) is 0 Å². The molecule has 0 radical (unpaired) electrons. The predicted octanol–water partition coefficient (Wildman–Crippen LogP) is 2.62. The summed E-state index contributed by atoms with van der Waals surface area (Å²) in [6.07, 6.45) is 2.36. The standard InChI is InChI=1S/C11H14O/c1-11(2)6-5-8-3-4-9(12)7-10(8)11/h3-4,7,12H,5-6H2,1-2H3. The highest BCUT2D eigenvalue weighted by atomic mass is 16.3. The predicted molar refractivity (Wildman–Crippen MR) is 49.5 cm³/mol. The van der Waals surface area contributed by atoms with E-state index in [0.717, 1.165) is 6.42 Å². The van der Waals surface area contributed by atoms with Crippen LogP contribution in [0.3, 0.4) is 0 Å². The smallest absolute Gasteiger partial charge is 0.115 e. The maximum Gasteiger partial charge on any atom is 0.115 e. The zero-order chi connectivity index (χ0) is 8.77. The zero-order valence-electron chi connectivity index (χ0n) is 7.59. The number of benzene rings is 1. The topological polar surface area (TPSA) is 20.2 Å². The molecule has 64 valence electrons. The van der Waals surface area contributed by atoms with Gasteiger partial charge in [-0.2, -0.15) is 0 Å². The maximum absolute atomic E-state index is 9.33. The van der Waals surface area contributed by atoms with Gasteiger partial charge >= 0.3 is 0 Å². The molecule has 0 heterocycles. The van der Waals surface area contributed by atoms with Crippen LogP contribution in [0.5, 0.6) is 5.75 Å². The second kappa shape index (κ2) is 2.25. The lowest BCUT2D eigenvalue weighted by atomic mass is 9.86. The first-order valence-corrected chi connectivity index (χ1v) is 4.42. The third-order valence-electron chi connectivity index (χ3n) is 2.84. The van der Waals surface area contributed by atoms with Gasteiger partial charge in [0.1, 0.15) is 5.75 Å². The minimum atomic E-state index is 0.258. The summed E-state index contributed by atoms with van der Waals surface area (Å²) in [6.45, 7) is 4.47. The van der Waals surface area contributed by atoms with E-state index in [2.05, 4.69) is 13.8 Å². The highest BCUT2D eigenvalue weighted by Crippen LogP contribution is 2.39. The van der Waals surface area contributed by atoms with E-state index in [4.69, 9.17) is 0 Å². The van der Waals surface area contributed by atoms with Gasteiger partial charge in [-0.1, -0.05) is 19.9 Å². The summed E-state index contributed by atoms with van der Waals surface area (Å²) in [5.41, 5.74) is 2.98. The minimum Gasteiger partial charge on any atom is -0.508 e. The van der Waals surface area contributed by atoms with Crippen LogP contribution in [0.1, 0.15) is 31.4 Å². The van der Waals surface area contributed by atoms with Crippen molar-refractivity contribution >= 4 is 0 Å². The third kappa shape index (κ3) is 1.01. The Labute approximate surface area is 73.0 Å². The fraction of sp³-hybridized carbons (Fsp3) is 0.455. The van der Waals surface area contributed by atoms with Crippen molar-refractivity contribution in [3.63, 3.8) is 0 Å². The first kappa shape index (κ1) is 7.66. The van der Waals surface area contributed by atoms with E-state index in [1.165, 1.54) is 17.5 Å². The zero-order valence-corrected chi connectivity index (χ0v) is 7.59. The number of aryl methyl sites for hydroxylation is 1. The van der Waals surface area contributed by atoms with Crippen molar-refractivity contribution < 1.29 is 5.11 Å². The number of hydrogen-bond donors (Lipinski definition) is 1. The Morgan fingerprint density at radius 3 is 2.83 bits per heavy atom. The molecule has 0 unspecified atom stereocenters. The van der Waals surface area contributed by atoms with Crippen LogP contribution in [-0.4, -0.2) is 5.11 Å². The molecule has 0 fully saturated rings. The summed E-state index contributed by atoms with van der Waals surface area (Å²) in [6, 6.07) is 5.72. The van der Waals surface area contributed by atoms with E-state index in [9.17, 15) is 5.11 Å². The van der Waals surface area contributed by atoms with Crippen LogP contribution in [0.25, 0.3) is 0 Å². The van der Waals surface area contributed by atoms with Crippen molar-refractivity contribution in [2.75, 3.05) is 0 Å². The van der Waals surface area contributed by atoms with Gasteiger partial charge in [0.2, 0.25) is 0 Å². The van der Waals surface area contributed by atoms with E-state index in [-0.39, 0.29) is 5.41 Å². The molecule has 1 aromatic rings. The lowest BCUT2D eigenvalue weighted by molar-refractivity contribution is 0.469. The lowest BCUT2D eigenvalue weighted by Crippen LogP contribution is -2.11. The fourth-order valence-electron chi connectivity index (χ4n) is 1.99. The molecule has 1 aliphatic rings.